The van der Waals surface area contributed by atoms with Gasteiger partial charge in [0.1, 0.15) is 0 Å². The van der Waals surface area contributed by atoms with Crippen molar-refractivity contribution in [1.82, 2.24) is 0 Å². The standard InChI is InChI=1S/C42H36ClN/c43-37-27-36(32-17-7-2-8-18-32)29-39(30-37)44(38-24-13-23-35(28-38)31-15-5-1-6-16-31)42-40(33-19-9-3-10-20-33)25-14-26-41(42)34-21-11-4-12-22-34/h1,3-6,9-16,19-30,32H,2,7-8,17-18H2. The molecule has 1 nitrogen and oxygen atoms in total. The van der Waals surface area contributed by atoms with Crippen LogP contribution >= 0.6 is 11.6 Å². The number of para-hydroxylation sites is 1. The van der Waals surface area contributed by atoms with Crippen LogP contribution in [-0.2, 0) is 0 Å². The minimum atomic E-state index is 0.539. The fourth-order valence-electron chi connectivity index (χ4n) is 6.75. The molecule has 6 aromatic rings. The van der Waals surface area contributed by atoms with E-state index >= 15 is 0 Å². The second-order valence-electron chi connectivity index (χ2n) is 11.8. The maximum atomic E-state index is 7.00. The molecule has 216 valence electrons. The van der Waals surface area contributed by atoms with Crippen molar-refractivity contribution in [1.29, 1.82) is 0 Å². The highest BCUT2D eigenvalue weighted by Gasteiger charge is 2.24. The lowest BCUT2D eigenvalue weighted by Crippen LogP contribution is -2.14. The Hall–Kier alpha value is -4.59. The Morgan fingerprint density at radius 1 is 0.455 bits per heavy atom. The van der Waals surface area contributed by atoms with Gasteiger partial charge in [-0.1, -0.05) is 152 Å². The molecule has 0 radical (unpaired) electrons. The molecule has 1 fully saturated rings. The lowest BCUT2D eigenvalue weighted by Gasteiger charge is -2.32. The van der Waals surface area contributed by atoms with Crippen LogP contribution in [0.1, 0.15) is 43.6 Å². The summed E-state index contributed by atoms with van der Waals surface area (Å²) in [6, 6.07) is 54.4. The fraction of sp³-hybridized carbons (Fsp3) is 0.143. The summed E-state index contributed by atoms with van der Waals surface area (Å²) >= 11 is 7.00. The highest BCUT2D eigenvalue weighted by molar-refractivity contribution is 6.31. The van der Waals surface area contributed by atoms with E-state index in [1.165, 1.54) is 71.0 Å². The number of hydrogen-bond acceptors (Lipinski definition) is 1. The zero-order chi connectivity index (χ0) is 29.7. The van der Waals surface area contributed by atoms with Crippen molar-refractivity contribution in [3.05, 3.63) is 162 Å². The second-order valence-corrected chi connectivity index (χ2v) is 12.2. The average Bonchev–Trinajstić information content (AvgIpc) is 3.10. The number of halogens is 1. The molecule has 0 saturated heterocycles. The Morgan fingerprint density at radius 3 is 1.61 bits per heavy atom. The van der Waals surface area contributed by atoms with Crippen LogP contribution in [0, 0.1) is 0 Å². The first-order valence-corrected chi connectivity index (χ1v) is 16.1. The molecule has 0 atom stereocenters. The van der Waals surface area contributed by atoms with E-state index in [0.29, 0.717) is 5.92 Å². The number of hydrogen-bond donors (Lipinski definition) is 0. The van der Waals surface area contributed by atoms with E-state index in [0.717, 1.165) is 22.1 Å². The van der Waals surface area contributed by atoms with Gasteiger partial charge in [0.05, 0.1) is 5.69 Å². The summed E-state index contributed by atoms with van der Waals surface area (Å²) in [6.45, 7) is 0. The first-order valence-electron chi connectivity index (χ1n) is 15.7. The minimum absolute atomic E-state index is 0.539. The first kappa shape index (κ1) is 28.2. The summed E-state index contributed by atoms with van der Waals surface area (Å²) in [7, 11) is 0. The maximum Gasteiger partial charge on any atom is 0.0618 e. The number of benzene rings is 6. The van der Waals surface area contributed by atoms with Crippen molar-refractivity contribution in [2.75, 3.05) is 4.90 Å². The minimum Gasteiger partial charge on any atom is -0.309 e. The summed E-state index contributed by atoms with van der Waals surface area (Å²) in [5.74, 6) is 0.539. The van der Waals surface area contributed by atoms with Crippen molar-refractivity contribution in [3.63, 3.8) is 0 Å². The van der Waals surface area contributed by atoms with E-state index in [4.69, 9.17) is 11.6 Å². The van der Waals surface area contributed by atoms with Crippen LogP contribution in [0.3, 0.4) is 0 Å². The molecule has 0 N–H and O–H groups in total. The molecule has 0 aliphatic heterocycles. The van der Waals surface area contributed by atoms with Gasteiger partial charge in [-0.2, -0.15) is 0 Å². The van der Waals surface area contributed by atoms with Crippen LogP contribution in [0.5, 0.6) is 0 Å². The summed E-state index contributed by atoms with van der Waals surface area (Å²) in [4.78, 5) is 2.44. The molecule has 0 heterocycles. The van der Waals surface area contributed by atoms with Gasteiger partial charge in [-0.15, -0.1) is 0 Å². The van der Waals surface area contributed by atoms with Gasteiger partial charge in [0, 0.05) is 27.5 Å². The first-order chi connectivity index (χ1) is 21.7. The molecule has 44 heavy (non-hydrogen) atoms. The number of anilines is 3. The predicted molar refractivity (Wildman–Crippen MR) is 188 cm³/mol. The molecule has 0 spiro atoms. The van der Waals surface area contributed by atoms with Crippen LogP contribution in [0.2, 0.25) is 5.02 Å². The Labute approximate surface area is 266 Å². The molecule has 1 saturated carbocycles. The fourth-order valence-corrected chi connectivity index (χ4v) is 6.98. The Bertz CT molecular complexity index is 1780. The molecular formula is C42H36ClN. The van der Waals surface area contributed by atoms with Crippen LogP contribution < -0.4 is 4.90 Å². The summed E-state index contributed by atoms with van der Waals surface area (Å²) in [5, 5.41) is 0.783. The van der Waals surface area contributed by atoms with E-state index in [2.05, 4.69) is 157 Å². The maximum absolute atomic E-state index is 7.00. The van der Waals surface area contributed by atoms with Gasteiger partial charge >= 0.3 is 0 Å². The SMILES string of the molecule is Clc1cc(C2CCCCC2)cc(N(c2cccc(-c3ccccc3)c2)c2c(-c3ccccc3)cccc2-c2ccccc2)c1. The van der Waals surface area contributed by atoms with Crippen LogP contribution in [0.4, 0.5) is 17.1 Å². The van der Waals surface area contributed by atoms with Crippen molar-refractivity contribution in [3.8, 4) is 33.4 Å². The molecule has 0 unspecified atom stereocenters. The molecule has 0 amide bonds. The Balaban J connectivity index is 1.51. The molecular weight excluding hydrogens is 554 g/mol. The highest BCUT2D eigenvalue weighted by Crippen LogP contribution is 2.48. The van der Waals surface area contributed by atoms with E-state index in [-0.39, 0.29) is 0 Å². The third kappa shape index (κ3) is 5.94. The topological polar surface area (TPSA) is 3.24 Å². The molecule has 0 bridgehead atoms. The largest absolute Gasteiger partial charge is 0.309 e. The van der Waals surface area contributed by atoms with Gasteiger partial charge in [0.25, 0.3) is 0 Å². The van der Waals surface area contributed by atoms with Gasteiger partial charge in [-0.3, -0.25) is 0 Å². The van der Waals surface area contributed by atoms with Gasteiger partial charge in [0.15, 0.2) is 0 Å². The quantitative estimate of drug-likeness (QED) is 0.179. The third-order valence-corrected chi connectivity index (χ3v) is 9.10. The molecule has 7 rings (SSSR count). The number of nitrogens with zero attached hydrogens (tertiary/aromatic N) is 1. The average molecular weight is 590 g/mol. The van der Waals surface area contributed by atoms with Crippen LogP contribution in [0.15, 0.2) is 152 Å². The smallest absolute Gasteiger partial charge is 0.0618 e. The van der Waals surface area contributed by atoms with E-state index < -0.39 is 0 Å². The molecule has 6 aromatic carbocycles. The summed E-state index contributed by atoms with van der Waals surface area (Å²) in [5.41, 5.74) is 11.8. The zero-order valence-corrected chi connectivity index (χ0v) is 25.6. The Kier molecular flexibility index (Phi) is 8.30. The molecule has 1 aliphatic carbocycles. The van der Waals surface area contributed by atoms with Gasteiger partial charge in [-0.25, -0.2) is 0 Å². The third-order valence-electron chi connectivity index (χ3n) is 8.88. The lowest BCUT2D eigenvalue weighted by atomic mass is 9.84. The van der Waals surface area contributed by atoms with E-state index in [1.807, 2.05) is 0 Å². The van der Waals surface area contributed by atoms with Crippen molar-refractivity contribution >= 4 is 28.7 Å². The summed E-state index contributed by atoms with van der Waals surface area (Å²) < 4.78 is 0. The van der Waals surface area contributed by atoms with Crippen molar-refractivity contribution in [2.24, 2.45) is 0 Å². The van der Waals surface area contributed by atoms with Gasteiger partial charge in [0.2, 0.25) is 0 Å². The molecule has 0 aromatic heterocycles. The van der Waals surface area contributed by atoms with Gasteiger partial charge < -0.3 is 4.90 Å². The lowest BCUT2D eigenvalue weighted by molar-refractivity contribution is 0.443. The van der Waals surface area contributed by atoms with Crippen LogP contribution in [-0.4, -0.2) is 0 Å². The molecule has 1 aliphatic rings. The van der Waals surface area contributed by atoms with E-state index in [1.54, 1.807) is 0 Å². The zero-order valence-electron chi connectivity index (χ0n) is 24.9. The van der Waals surface area contributed by atoms with E-state index in [9.17, 15) is 0 Å². The highest BCUT2D eigenvalue weighted by atomic mass is 35.5. The predicted octanol–water partition coefficient (Wildman–Crippen LogP) is 12.9. The van der Waals surface area contributed by atoms with Crippen LogP contribution in [0.25, 0.3) is 33.4 Å². The summed E-state index contributed by atoms with van der Waals surface area (Å²) in [6.07, 6.45) is 6.33. The van der Waals surface area contributed by atoms with Crippen molar-refractivity contribution in [2.45, 2.75) is 38.0 Å². The normalized spacial score (nSPS) is 13.5. The van der Waals surface area contributed by atoms with Crippen molar-refractivity contribution < 1.29 is 0 Å². The second kappa shape index (κ2) is 13.0. The monoisotopic (exact) mass is 589 g/mol. The van der Waals surface area contributed by atoms with Gasteiger partial charge in [-0.05, 0) is 76.9 Å². The Morgan fingerprint density at radius 2 is 1.00 bits per heavy atom. The number of rotatable bonds is 7. The molecule has 2 heteroatoms.